The first-order valence-corrected chi connectivity index (χ1v) is 14.9. The van der Waals surface area contributed by atoms with Crippen molar-refractivity contribution in [3.63, 3.8) is 0 Å². The monoisotopic (exact) mass is 588 g/mol. The average Bonchev–Trinajstić information content (AvgIpc) is 3.31. The topological polar surface area (TPSA) is 107 Å². The Morgan fingerprint density at radius 3 is 2.33 bits per heavy atom. The van der Waals surface area contributed by atoms with Gasteiger partial charge in [0.05, 0.1) is 13.8 Å². The molecule has 2 fully saturated rings. The summed E-state index contributed by atoms with van der Waals surface area (Å²) in [4.78, 5) is 50.6. The second kappa shape index (κ2) is 14.2. The van der Waals surface area contributed by atoms with Crippen LogP contribution in [0.15, 0.2) is 71.5 Å². The number of amides is 3. The number of hydrogen-bond acceptors (Lipinski definition) is 7. The molecule has 0 aromatic heterocycles. The summed E-state index contributed by atoms with van der Waals surface area (Å²) in [6, 6.07) is 16.9. The molecule has 0 bridgehead atoms. The Labute approximate surface area is 254 Å². The van der Waals surface area contributed by atoms with Crippen molar-refractivity contribution < 1.29 is 19.1 Å². The fourth-order valence-corrected chi connectivity index (χ4v) is 5.95. The van der Waals surface area contributed by atoms with Crippen molar-refractivity contribution in [2.24, 2.45) is 4.99 Å². The summed E-state index contributed by atoms with van der Waals surface area (Å²) in [6.45, 7) is 8.91. The fraction of sp³-hybridized carbons (Fsp3) is 0.455. The minimum absolute atomic E-state index is 0.0716. The van der Waals surface area contributed by atoms with E-state index in [9.17, 15) is 14.4 Å². The Kier molecular flexibility index (Phi) is 10.4. The molecule has 0 saturated carbocycles. The van der Waals surface area contributed by atoms with Crippen molar-refractivity contribution >= 4 is 30.1 Å². The quantitative estimate of drug-likeness (QED) is 0.369. The van der Waals surface area contributed by atoms with Gasteiger partial charge in [-0.15, -0.1) is 0 Å². The number of hydrogen-bond donors (Lipinski definition) is 2. The van der Waals surface area contributed by atoms with Crippen molar-refractivity contribution in [1.29, 1.82) is 0 Å². The summed E-state index contributed by atoms with van der Waals surface area (Å²) in [5.41, 5.74) is 1.99. The largest absolute Gasteiger partial charge is 0.497 e. The van der Waals surface area contributed by atoms with Gasteiger partial charge in [0.2, 0.25) is 17.7 Å². The standard InChI is InChI=1S/C33H44N6O4/c1-24(2)38-23-39(27-9-7-6-8-10-27)33(32(38)42)17-19-37(20-18-33)31(41)29(21-25-11-14-28(43-5)15-12-25)36-30(40)16-13-26(35-4)22-34-3/h6-12,14-15,22,24,29,35H,3,13,16-21,23H2,1-2,4-5H3,(H,36,40)/b26-22-/t29-/m1/s1. The lowest BCUT2D eigenvalue weighted by Gasteiger charge is -2.44. The summed E-state index contributed by atoms with van der Waals surface area (Å²) < 4.78 is 5.28. The number of benzene rings is 2. The Bertz CT molecular complexity index is 1300. The number of nitrogens with zero attached hydrogens (tertiary/aromatic N) is 4. The summed E-state index contributed by atoms with van der Waals surface area (Å²) in [5.74, 6) is 0.468. The Morgan fingerprint density at radius 2 is 1.74 bits per heavy atom. The van der Waals surface area contributed by atoms with Crippen LogP contribution in [0.3, 0.4) is 0 Å². The van der Waals surface area contributed by atoms with Crippen molar-refractivity contribution in [2.75, 3.05) is 38.8 Å². The summed E-state index contributed by atoms with van der Waals surface area (Å²) in [6.07, 6.45) is 3.60. The van der Waals surface area contributed by atoms with Gasteiger partial charge in [-0.05, 0) is 69.7 Å². The van der Waals surface area contributed by atoms with E-state index in [0.29, 0.717) is 45.4 Å². The molecule has 10 heteroatoms. The van der Waals surface area contributed by atoms with Crippen LogP contribution in [-0.2, 0) is 20.8 Å². The van der Waals surface area contributed by atoms with Gasteiger partial charge < -0.3 is 30.1 Å². The van der Waals surface area contributed by atoms with Gasteiger partial charge in [0.15, 0.2) is 0 Å². The number of aliphatic imine (C=N–C) groups is 1. The molecule has 0 radical (unpaired) electrons. The summed E-state index contributed by atoms with van der Waals surface area (Å²) in [7, 11) is 3.37. The Hall–Kier alpha value is -4.34. The van der Waals surface area contributed by atoms with Gasteiger partial charge in [0.1, 0.15) is 17.3 Å². The van der Waals surface area contributed by atoms with Crippen LogP contribution in [0.2, 0.25) is 0 Å². The van der Waals surface area contributed by atoms with Crippen molar-refractivity contribution in [3.8, 4) is 5.75 Å². The van der Waals surface area contributed by atoms with E-state index in [0.717, 1.165) is 22.7 Å². The first kappa shape index (κ1) is 31.6. The SMILES string of the molecule is C=N/C=C(/CCC(=O)N[C@H](Cc1ccc(OC)cc1)C(=O)N1CCC2(CC1)C(=O)N(C(C)C)CN2c1ccccc1)NC. The maximum atomic E-state index is 14.0. The van der Waals surface area contributed by atoms with Crippen LogP contribution in [0.5, 0.6) is 5.75 Å². The third-order valence-corrected chi connectivity index (χ3v) is 8.48. The zero-order valence-corrected chi connectivity index (χ0v) is 25.7. The number of likely N-dealkylation sites (tertiary alicyclic amines) is 1. The zero-order chi connectivity index (χ0) is 31.0. The van der Waals surface area contributed by atoms with E-state index in [1.165, 1.54) is 0 Å². The molecule has 10 nitrogen and oxygen atoms in total. The van der Waals surface area contributed by atoms with E-state index in [-0.39, 0.29) is 30.2 Å². The van der Waals surface area contributed by atoms with Gasteiger partial charge in [-0.25, -0.2) is 0 Å². The average molecular weight is 589 g/mol. The molecule has 43 heavy (non-hydrogen) atoms. The lowest BCUT2D eigenvalue weighted by molar-refractivity contribution is -0.141. The number of piperidine rings is 1. The molecular weight excluding hydrogens is 544 g/mol. The van der Waals surface area contributed by atoms with Gasteiger partial charge in [0.25, 0.3) is 0 Å². The van der Waals surface area contributed by atoms with E-state index >= 15 is 0 Å². The molecule has 2 aliphatic rings. The molecule has 2 saturated heterocycles. The number of carbonyl (C=O) groups excluding carboxylic acids is 3. The molecule has 2 heterocycles. The minimum Gasteiger partial charge on any atom is -0.497 e. The minimum atomic E-state index is -0.744. The lowest BCUT2D eigenvalue weighted by atomic mass is 9.85. The van der Waals surface area contributed by atoms with E-state index < -0.39 is 11.6 Å². The normalized spacial score (nSPS) is 17.3. The van der Waals surface area contributed by atoms with Crippen molar-refractivity contribution in [2.45, 2.75) is 63.6 Å². The molecule has 2 N–H and O–H groups in total. The highest BCUT2D eigenvalue weighted by Gasteiger charge is 2.54. The number of carbonyl (C=O) groups is 3. The molecule has 0 aliphatic carbocycles. The van der Waals surface area contributed by atoms with Crippen LogP contribution in [0, 0.1) is 0 Å². The van der Waals surface area contributed by atoms with Gasteiger partial charge in [-0.2, -0.15) is 0 Å². The van der Waals surface area contributed by atoms with Crippen LogP contribution < -0.4 is 20.3 Å². The maximum absolute atomic E-state index is 14.0. The molecule has 3 amide bonds. The third kappa shape index (κ3) is 7.18. The molecule has 4 rings (SSSR count). The highest BCUT2D eigenvalue weighted by molar-refractivity contribution is 5.94. The lowest BCUT2D eigenvalue weighted by Crippen LogP contribution is -2.60. The Balaban J connectivity index is 1.51. The number of para-hydroxylation sites is 1. The van der Waals surface area contributed by atoms with E-state index in [2.05, 4.69) is 27.2 Å². The maximum Gasteiger partial charge on any atom is 0.250 e. The van der Waals surface area contributed by atoms with Crippen molar-refractivity contribution in [3.05, 3.63) is 72.1 Å². The summed E-state index contributed by atoms with van der Waals surface area (Å²) in [5, 5.41) is 6.01. The predicted molar refractivity (Wildman–Crippen MR) is 169 cm³/mol. The van der Waals surface area contributed by atoms with Crippen LogP contribution >= 0.6 is 0 Å². The molecule has 2 aliphatic heterocycles. The van der Waals surface area contributed by atoms with E-state index in [1.54, 1.807) is 25.3 Å². The predicted octanol–water partition coefficient (Wildman–Crippen LogP) is 3.34. The first-order chi connectivity index (χ1) is 20.7. The van der Waals surface area contributed by atoms with Crippen LogP contribution in [0.25, 0.3) is 0 Å². The van der Waals surface area contributed by atoms with Crippen LogP contribution in [0.1, 0.15) is 45.1 Å². The molecule has 1 atom stereocenters. The van der Waals surface area contributed by atoms with Gasteiger partial charge in [-0.1, -0.05) is 30.3 Å². The number of rotatable bonds is 12. The van der Waals surface area contributed by atoms with E-state index in [4.69, 9.17) is 4.74 Å². The molecule has 1 spiro atoms. The van der Waals surface area contributed by atoms with E-state index in [1.807, 2.05) is 73.3 Å². The molecule has 2 aromatic carbocycles. The second-order valence-electron chi connectivity index (χ2n) is 11.4. The van der Waals surface area contributed by atoms with Crippen LogP contribution in [-0.4, -0.2) is 85.8 Å². The van der Waals surface area contributed by atoms with Crippen molar-refractivity contribution in [1.82, 2.24) is 20.4 Å². The van der Waals surface area contributed by atoms with Gasteiger partial charge >= 0.3 is 0 Å². The number of methoxy groups -OCH3 is 1. The molecule has 230 valence electrons. The smallest absolute Gasteiger partial charge is 0.250 e. The summed E-state index contributed by atoms with van der Waals surface area (Å²) >= 11 is 0. The zero-order valence-electron chi connectivity index (χ0n) is 25.7. The molecule has 2 aromatic rings. The first-order valence-electron chi connectivity index (χ1n) is 14.9. The number of nitrogens with one attached hydrogen (secondary N) is 2. The van der Waals surface area contributed by atoms with Gasteiger partial charge in [-0.3, -0.25) is 19.4 Å². The number of anilines is 1. The molecule has 0 unspecified atom stereocenters. The Morgan fingerprint density at radius 1 is 1.07 bits per heavy atom. The molecular formula is C33H44N6O4. The van der Waals surface area contributed by atoms with Gasteiger partial charge in [0, 0.05) is 56.6 Å². The van der Waals surface area contributed by atoms with Crippen LogP contribution in [0.4, 0.5) is 5.69 Å². The number of ether oxygens (including phenoxy) is 1. The second-order valence-corrected chi connectivity index (χ2v) is 11.4. The highest BCUT2D eigenvalue weighted by Crippen LogP contribution is 2.40. The number of allylic oxidation sites excluding steroid dienone is 1. The fourth-order valence-electron chi connectivity index (χ4n) is 5.95. The third-order valence-electron chi connectivity index (χ3n) is 8.48. The highest BCUT2D eigenvalue weighted by atomic mass is 16.5.